The Balaban J connectivity index is 1.43. The van der Waals surface area contributed by atoms with E-state index in [9.17, 15) is 14.7 Å². The molecule has 0 radical (unpaired) electrons. The van der Waals surface area contributed by atoms with Crippen LogP contribution in [0, 0.1) is 12.8 Å². The van der Waals surface area contributed by atoms with E-state index in [1.54, 1.807) is 17.7 Å². The van der Waals surface area contributed by atoms with Crippen LogP contribution in [0.15, 0.2) is 36.5 Å². The van der Waals surface area contributed by atoms with Gasteiger partial charge in [-0.25, -0.2) is 9.78 Å². The molecule has 0 saturated heterocycles. The number of fused-ring (bicyclic) bond motifs is 1. The Kier molecular flexibility index (Phi) is 7.00. The van der Waals surface area contributed by atoms with Crippen molar-refractivity contribution in [3.05, 3.63) is 59.0 Å². The van der Waals surface area contributed by atoms with Crippen molar-refractivity contribution in [3.8, 4) is 22.6 Å². The molecule has 2 aliphatic rings. The van der Waals surface area contributed by atoms with Gasteiger partial charge in [-0.3, -0.25) is 14.3 Å². The lowest BCUT2D eigenvalue weighted by Gasteiger charge is -2.23. The summed E-state index contributed by atoms with van der Waals surface area (Å²) in [5.41, 5.74) is 4.86. The second kappa shape index (κ2) is 10.1. The van der Waals surface area contributed by atoms with Gasteiger partial charge in [0.05, 0.1) is 5.69 Å². The quantitative estimate of drug-likeness (QED) is 0.266. The summed E-state index contributed by atoms with van der Waals surface area (Å²) in [6, 6.07) is 11.1. The minimum absolute atomic E-state index is 0.101. The van der Waals surface area contributed by atoms with Crippen LogP contribution >= 0.6 is 0 Å². The van der Waals surface area contributed by atoms with E-state index in [0.29, 0.717) is 36.3 Å². The number of hydrogen-bond acceptors (Lipinski definition) is 5. The average molecular weight is 533 g/mol. The summed E-state index contributed by atoms with van der Waals surface area (Å²) in [4.78, 5) is 36.2. The first kappa shape index (κ1) is 26.3. The van der Waals surface area contributed by atoms with Crippen molar-refractivity contribution in [2.45, 2.75) is 71.7 Å². The van der Waals surface area contributed by atoms with Crippen molar-refractivity contribution in [2.24, 2.45) is 5.92 Å². The molecule has 1 aliphatic heterocycles. The maximum Gasteiger partial charge on any atom is 0.354 e. The molecule has 1 amide bonds. The molecule has 2 aromatic heterocycles. The van der Waals surface area contributed by atoms with Crippen molar-refractivity contribution in [3.63, 3.8) is 0 Å². The number of aromatic nitrogens is 3. The maximum atomic E-state index is 13.0. The third-order valence-electron chi connectivity index (χ3n) is 7.62. The molecule has 1 aromatic carbocycles. The fourth-order valence-corrected chi connectivity index (χ4v) is 5.87. The highest BCUT2D eigenvalue weighted by Gasteiger charge is 2.38. The average Bonchev–Trinajstić information content (AvgIpc) is 3.59. The number of carboxylic acid groups (broad SMARTS) is 1. The molecule has 200 valence electrons. The van der Waals surface area contributed by atoms with Crippen molar-refractivity contribution in [2.75, 3.05) is 6.61 Å². The van der Waals surface area contributed by atoms with Crippen molar-refractivity contribution < 1.29 is 19.4 Å². The van der Waals surface area contributed by atoms with Gasteiger partial charge in [-0.15, -0.1) is 0 Å². The van der Waals surface area contributed by atoms with Gasteiger partial charge in [-0.1, -0.05) is 25.7 Å². The van der Waals surface area contributed by atoms with E-state index in [4.69, 9.17) is 4.74 Å². The number of benzene rings is 1. The number of ether oxygens (including phenoxy) is 1. The summed E-state index contributed by atoms with van der Waals surface area (Å²) in [5.74, 6) is 0.169. The van der Waals surface area contributed by atoms with Crippen LogP contribution in [0.3, 0.4) is 0 Å². The molecule has 1 saturated carbocycles. The lowest BCUT2D eigenvalue weighted by atomic mass is 10.0. The Morgan fingerprint density at radius 1 is 1.18 bits per heavy atom. The molecule has 1 N–H and O–H groups in total. The molecule has 3 aromatic rings. The summed E-state index contributed by atoms with van der Waals surface area (Å²) in [7, 11) is -1.28. The minimum Gasteiger partial charge on any atom is -0.477 e. The molecule has 0 spiro atoms. The molecule has 0 bridgehead atoms. The van der Waals surface area contributed by atoms with Crippen LogP contribution in [-0.4, -0.2) is 57.1 Å². The van der Waals surface area contributed by atoms with Crippen LogP contribution in [0.1, 0.15) is 51.9 Å². The van der Waals surface area contributed by atoms with Crippen LogP contribution in [0.2, 0.25) is 25.7 Å². The van der Waals surface area contributed by atoms with Crippen LogP contribution in [-0.2, 0) is 18.0 Å². The molecule has 8 nitrogen and oxygen atoms in total. The number of hydrogen-bond donors (Lipinski definition) is 1. The van der Waals surface area contributed by atoms with Gasteiger partial charge >= 0.3 is 5.97 Å². The molecule has 9 heteroatoms. The number of amides is 1. The third kappa shape index (κ3) is 5.30. The van der Waals surface area contributed by atoms with Crippen molar-refractivity contribution >= 4 is 20.0 Å². The second-order valence-corrected chi connectivity index (χ2v) is 17.4. The number of carboxylic acids is 1. The number of nitrogens with zero attached hydrogens (tertiary/aromatic N) is 4. The van der Waals surface area contributed by atoms with Gasteiger partial charge in [0, 0.05) is 39.0 Å². The van der Waals surface area contributed by atoms with E-state index >= 15 is 0 Å². The number of rotatable bonds is 10. The fourth-order valence-electron chi connectivity index (χ4n) is 5.12. The van der Waals surface area contributed by atoms with Gasteiger partial charge in [-0.2, -0.15) is 0 Å². The van der Waals surface area contributed by atoms with Gasteiger partial charge < -0.3 is 14.7 Å². The SMILES string of the molecule is Cc1nc(-c2cc(-c3ccc4c(c3)CN([C@@H](C)C3CC3)C4=O)ccn2)n(COCC[Si](C)(C)C)c1C(=O)O. The normalized spacial score (nSPS) is 16.1. The lowest BCUT2D eigenvalue weighted by molar-refractivity contribution is 0.0624. The van der Waals surface area contributed by atoms with E-state index in [-0.39, 0.29) is 24.4 Å². The highest BCUT2D eigenvalue weighted by atomic mass is 28.3. The van der Waals surface area contributed by atoms with Gasteiger partial charge in [0.15, 0.2) is 11.5 Å². The van der Waals surface area contributed by atoms with E-state index in [1.807, 2.05) is 29.2 Å². The molecule has 0 unspecified atom stereocenters. The molecular formula is C29H36N4O4Si. The third-order valence-corrected chi connectivity index (χ3v) is 9.32. The first-order valence-corrected chi connectivity index (χ1v) is 17.0. The highest BCUT2D eigenvalue weighted by molar-refractivity contribution is 6.76. The highest BCUT2D eigenvalue weighted by Crippen LogP contribution is 2.39. The predicted molar refractivity (Wildman–Crippen MR) is 149 cm³/mol. The van der Waals surface area contributed by atoms with E-state index in [1.165, 1.54) is 12.8 Å². The Hall–Kier alpha value is -3.30. The largest absolute Gasteiger partial charge is 0.477 e. The second-order valence-electron chi connectivity index (χ2n) is 11.8. The zero-order chi connectivity index (χ0) is 27.2. The standard InChI is InChI=1S/C29H36N4O4Si/c1-18-26(29(35)36)33(17-37-12-13-38(3,4)5)27(31-18)25-15-22(10-11-30-25)21-8-9-24-23(14-21)16-32(28(24)34)19(2)20-6-7-20/h8-11,14-15,19-20H,6-7,12-13,16-17H2,1-5H3,(H,35,36)/t19-/m0/s1. The topological polar surface area (TPSA) is 97.5 Å². The molecular weight excluding hydrogens is 496 g/mol. The van der Waals surface area contributed by atoms with Crippen LogP contribution in [0.4, 0.5) is 0 Å². The van der Waals surface area contributed by atoms with E-state index in [2.05, 4.69) is 42.6 Å². The van der Waals surface area contributed by atoms with Crippen molar-refractivity contribution in [1.29, 1.82) is 0 Å². The fraction of sp³-hybridized carbons (Fsp3) is 0.448. The molecule has 1 aliphatic carbocycles. The molecule has 38 heavy (non-hydrogen) atoms. The Bertz CT molecular complexity index is 1390. The number of carbonyl (C=O) groups excluding carboxylic acids is 1. The van der Waals surface area contributed by atoms with Gasteiger partial charge in [0.1, 0.15) is 12.4 Å². The smallest absolute Gasteiger partial charge is 0.354 e. The predicted octanol–water partition coefficient (Wildman–Crippen LogP) is 5.69. The summed E-state index contributed by atoms with van der Waals surface area (Å²) in [5, 5.41) is 9.87. The summed E-state index contributed by atoms with van der Waals surface area (Å²) in [6.07, 6.45) is 4.12. The van der Waals surface area contributed by atoms with Crippen LogP contribution < -0.4 is 0 Å². The summed E-state index contributed by atoms with van der Waals surface area (Å²) >= 11 is 0. The van der Waals surface area contributed by atoms with E-state index < -0.39 is 14.0 Å². The zero-order valence-corrected chi connectivity index (χ0v) is 23.8. The molecule has 3 heterocycles. The summed E-state index contributed by atoms with van der Waals surface area (Å²) in [6.45, 7) is 12.0. The monoisotopic (exact) mass is 532 g/mol. The Morgan fingerprint density at radius 2 is 1.92 bits per heavy atom. The van der Waals surface area contributed by atoms with E-state index in [0.717, 1.165) is 28.3 Å². The summed E-state index contributed by atoms with van der Waals surface area (Å²) < 4.78 is 7.52. The minimum atomic E-state index is -1.28. The van der Waals surface area contributed by atoms with Crippen molar-refractivity contribution in [1.82, 2.24) is 19.4 Å². The number of aryl methyl sites for hydroxylation is 1. The molecule has 5 rings (SSSR count). The Morgan fingerprint density at radius 3 is 2.61 bits per heavy atom. The first-order chi connectivity index (χ1) is 18.0. The Labute approximate surface area is 224 Å². The number of pyridine rings is 1. The zero-order valence-electron chi connectivity index (χ0n) is 22.8. The van der Waals surface area contributed by atoms with Gasteiger partial charge in [0.25, 0.3) is 5.91 Å². The maximum absolute atomic E-state index is 13.0. The van der Waals surface area contributed by atoms with Crippen LogP contribution in [0.5, 0.6) is 0 Å². The lowest BCUT2D eigenvalue weighted by Crippen LogP contribution is -2.34. The van der Waals surface area contributed by atoms with Gasteiger partial charge in [0.2, 0.25) is 0 Å². The number of aromatic carboxylic acids is 1. The van der Waals surface area contributed by atoms with Crippen LogP contribution in [0.25, 0.3) is 22.6 Å². The number of carbonyl (C=O) groups is 2. The van der Waals surface area contributed by atoms with Gasteiger partial charge in [-0.05, 0) is 79.6 Å². The molecule has 1 atom stereocenters. The number of imidazole rings is 1. The first-order valence-electron chi connectivity index (χ1n) is 13.3. The molecule has 1 fully saturated rings.